The van der Waals surface area contributed by atoms with E-state index < -0.39 is 0 Å². The average molecular weight is 220 g/mol. The topological polar surface area (TPSA) is 31.5 Å². The van der Waals surface area contributed by atoms with Gasteiger partial charge in [-0.25, -0.2) is 0 Å². The molecule has 27 valence electrons. The molecule has 0 unspecified atom stereocenters. The smallest absolute Gasteiger partial charge is 0 e. The molecule has 0 heterocycles. The van der Waals surface area contributed by atoms with E-state index in [2.05, 4.69) is 0 Å². The van der Waals surface area contributed by atoms with E-state index in [-0.39, 0.29) is 61.8 Å². The van der Waals surface area contributed by atoms with E-state index in [4.69, 9.17) is 0 Å². The molecule has 1 radical (unpaired) electrons. The van der Waals surface area contributed by atoms with E-state index in [1.807, 2.05) is 0 Å². The summed E-state index contributed by atoms with van der Waals surface area (Å²) >= 11 is 0. The first-order chi connectivity index (χ1) is 0. The molecular formula is H5CuGaOZn. The second-order valence-corrected chi connectivity index (χ2v) is 0. The van der Waals surface area contributed by atoms with Crippen LogP contribution >= 0.6 is 0 Å². The zero-order valence-corrected chi connectivity index (χ0v) is 5.42. The van der Waals surface area contributed by atoms with Gasteiger partial charge < -0.3 is 5.48 Å². The van der Waals surface area contributed by atoms with Gasteiger partial charge in [-0.15, -0.1) is 0 Å². The van der Waals surface area contributed by atoms with Gasteiger partial charge in [-0.05, 0) is 0 Å². The maximum atomic E-state index is 0. The van der Waals surface area contributed by atoms with Gasteiger partial charge in [0.2, 0.25) is 0 Å². The molecule has 0 aliphatic rings. The Hall–Kier alpha value is 1.74. The summed E-state index contributed by atoms with van der Waals surface area (Å²) in [5.74, 6) is 0. The zero-order valence-electron chi connectivity index (χ0n) is 1.51. The van der Waals surface area contributed by atoms with Gasteiger partial charge in [0, 0.05) is 36.5 Å². The normalized spacial score (nSPS) is 0. The fourth-order valence-electron chi connectivity index (χ4n) is 0. The van der Waals surface area contributed by atoms with Crippen molar-refractivity contribution in [1.82, 2.24) is 0 Å². The van der Waals surface area contributed by atoms with Crippen LogP contribution in [0.25, 0.3) is 0 Å². The molecule has 4 heavy (non-hydrogen) atoms. The Kier molecular flexibility index (Phi) is 233. The van der Waals surface area contributed by atoms with E-state index >= 15 is 0 Å². The minimum Gasteiger partial charge on any atom is 0 e. The first kappa shape index (κ1) is 42.6. The minimum absolute atomic E-state index is 0. The standard InChI is InChI=1S/Cu.Ga.H2O.Zn.3H/h;;1H2;;;;. The summed E-state index contributed by atoms with van der Waals surface area (Å²) in [7, 11) is 0. The van der Waals surface area contributed by atoms with Crippen LogP contribution in [-0.2, 0) is 36.5 Å². The second kappa shape index (κ2) is 21.9. The molecule has 4 heteroatoms. The van der Waals surface area contributed by atoms with Gasteiger partial charge in [-0.2, -0.15) is 0 Å². The summed E-state index contributed by atoms with van der Waals surface area (Å²) in [6, 6.07) is 0. The van der Waals surface area contributed by atoms with Crippen molar-refractivity contribution in [1.29, 1.82) is 0 Å². The van der Waals surface area contributed by atoms with Crippen molar-refractivity contribution >= 4 is 19.8 Å². The quantitative estimate of drug-likeness (QED) is 0.422. The van der Waals surface area contributed by atoms with Gasteiger partial charge >= 0.3 is 19.8 Å². The fraction of sp³-hybridized carbons (Fsp3) is 0. The monoisotopic (exact) mass is 217 g/mol. The summed E-state index contributed by atoms with van der Waals surface area (Å²) < 4.78 is 0. The molecule has 0 aromatic heterocycles. The van der Waals surface area contributed by atoms with Crippen molar-refractivity contribution < 1.29 is 42.0 Å². The maximum absolute atomic E-state index is 0. The Morgan fingerprint density at radius 3 is 1.00 bits per heavy atom. The summed E-state index contributed by atoms with van der Waals surface area (Å²) in [6.45, 7) is 0. The molecule has 0 rings (SSSR count). The molecule has 0 aromatic carbocycles. The number of hydrogen-bond donors (Lipinski definition) is 0. The van der Waals surface area contributed by atoms with E-state index in [1.165, 1.54) is 0 Å². The van der Waals surface area contributed by atoms with E-state index in [0.29, 0.717) is 0 Å². The molecule has 0 saturated carbocycles. The number of rotatable bonds is 0. The first-order valence-corrected chi connectivity index (χ1v) is 0. The minimum atomic E-state index is 0. The van der Waals surface area contributed by atoms with Crippen molar-refractivity contribution in [3.8, 4) is 0 Å². The fourth-order valence-corrected chi connectivity index (χ4v) is 0. The van der Waals surface area contributed by atoms with Crippen LogP contribution in [0.1, 0.15) is 0 Å². The van der Waals surface area contributed by atoms with Crippen molar-refractivity contribution in [3.63, 3.8) is 0 Å². The molecule has 0 spiro atoms. The van der Waals surface area contributed by atoms with Crippen LogP contribution in [0.2, 0.25) is 0 Å². The van der Waals surface area contributed by atoms with Crippen molar-refractivity contribution in [2.75, 3.05) is 0 Å². The third kappa shape index (κ3) is 9.28. The van der Waals surface area contributed by atoms with Crippen LogP contribution in [0.4, 0.5) is 0 Å². The van der Waals surface area contributed by atoms with Crippen molar-refractivity contribution in [2.24, 2.45) is 0 Å². The van der Waals surface area contributed by atoms with Crippen LogP contribution in [0.3, 0.4) is 0 Å². The molecule has 0 aliphatic heterocycles. The predicted octanol–water partition coefficient (Wildman–Crippen LogP) is -2.01. The molecule has 2 N–H and O–H groups in total. The molecule has 1 nitrogen and oxygen atoms in total. The van der Waals surface area contributed by atoms with E-state index in [1.54, 1.807) is 0 Å². The summed E-state index contributed by atoms with van der Waals surface area (Å²) in [4.78, 5) is 0. The molecule has 0 atom stereocenters. The van der Waals surface area contributed by atoms with Gasteiger partial charge in [0.05, 0.1) is 0 Å². The maximum Gasteiger partial charge on any atom is 0 e. The predicted molar refractivity (Wildman–Crippen MR) is 13.6 cm³/mol. The molecule has 0 saturated heterocycles. The molecule has 0 fully saturated rings. The van der Waals surface area contributed by atoms with E-state index in [0.717, 1.165) is 0 Å². The van der Waals surface area contributed by atoms with Crippen LogP contribution in [0.5, 0.6) is 0 Å². The van der Waals surface area contributed by atoms with Crippen molar-refractivity contribution in [2.45, 2.75) is 0 Å². The Bertz CT molecular complexity index is 8.00. The van der Waals surface area contributed by atoms with Gasteiger partial charge in [0.15, 0.2) is 0 Å². The molecule has 0 aromatic rings. The summed E-state index contributed by atoms with van der Waals surface area (Å²) in [5, 5.41) is 0. The Morgan fingerprint density at radius 2 is 1.00 bits per heavy atom. The van der Waals surface area contributed by atoms with Gasteiger partial charge in [-0.1, -0.05) is 0 Å². The number of hydrogen-bond acceptors (Lipinski definition) is 0. The van der Waals surface area contributed by atoms with Crippen molar-refractivity contribution in [3.05, 3.63) is 0 Å². The first-order valence-electron chi connectivity index (χ1n) is 0. The average Bonchev–Trinajstić information content (AvgIpc) is 0. The molecular weight excluding hydrogens is 215 g/mol. The Morgan fingerprint density at radius 1 is 1.00 bits per heavy atom. The molecule has 0 bridgehead atoms. The van der Waals surface area contributed by atoms with Crippen LogP contribution in [-0.4, -0.2) is 25.3 Å². The summed E-state index contributed by atoms with van der Waals surface area (Å²) in [6.07, 6.45) is 0. The SMILES string of the molecule is O.[Cu].[GaH3].[Zn]. The Balaban J connectivity index is 0. The third-order valence-corrected chi connectivity index (χ3v) is 0. The van der Waals surface area contributed by atoms with Crippen LogP contribution < -0.4 is 0 Å². The largest absolute Gasteiger partial charge is 0 e. The zero-order chi connectivity index (χ0) is 0. The van der Waals surface area contributed by atoms with E-state index in [9.17, 15) is 0 Å². The van der Waals surface area contributed by atoms with Crippen LogP contribution in [0.15, 0.2) is 0 Å². The molecule has 0 aliphatic carbocycles. The van der Waals surface area contributed by atoms with Crippen LogP contribution in [0, 0.1) is 0 Å². The van der Waals surface area contributed by atoms with Gasteiger partial charge in [0.25, 0.3) is 0 Å². The Labute approximate surface area is 61.5 Å². The van der Waals surface area contributed by atoms with Gasteiger partial charge in [-0.3, -0.25) is 0 Å². The molecule has 0 amide bonds. The third-order valence-electron chi connectivity index (χ3n) is 0. The van der Waals surface area contributed by atoms with Gasteiger partial charge in [0.1, 0.15) is 0 Å². The second-order valence-electron chi connectivity index (χ2n) is 0. The summed E-state index contributed by atoms with van der Waals surface area (Å²) in [5.41, 5.74) is 0.